The highest BCUT2D eigenvalue weighted by atomic mass is 127. The van der Waals surface area contributed by atoms with Crippen LogP contribution < -0.4 is 0 Å². The molecule has 0 saturated carbocycles. The minimum absolute atomic E-state index is 1.07. The summed E-state index contributed by atoms with van der Waals surface area (Å²) in [6, 6.07) is 5.91. The van der Waals surface area contributed by atoms with E-state index in [1.165, 1.54) is 3.92 Å². The fourth-order valence-electron chi connectivity index (χ4n) is 0.567. The highest BCUT2D eigenvalue weighted by Crippen LogP contribution is 2.17. The average Bonchev–Trinajstić information content (AvgIpc) is 1.90. The molecule has 1 aromatic heterocycles. The van der Waals surface area contributed by atoms with Gasteiger partial charge in [-0.2, -0.15) is 0 Å². The van der Waals surface area contributed by atoms with Gasteiger partial charge >= 0.3 is 0 Å². The molecule has 0 aliphatic carbocycles. The summed E-state index contributed by atoms with van der Waals surface area (Å²) in [5, 5.41) is 0. The first-order chi connectivity index (χ1) is 4.30. The van der Waals surface area contributed by atoms with Gasteiger partial charge in [-0.05, 0) is 19.1 Å². The normalized spacial score (nSPS) is 10.1. The molecule has 0 aromatic carbocycles. The van der Waals surface area contributed by atoms with E-state index in [4.69, 9.17) is 0 Å². The van der Waals surface area contributed by atoms with Crippen LogP contribution in [0.2, 0.25) is 0 Å². The fraction of sp³-hybridized carbons (Fsp3) is 0.143. The second kappa shape index (κ2) is 3.15. The molecule has 1 rings (SSSR count). The van der Waals surface area contributed by atoms with Gasteiger partial charge in [0, 0.05) is 6.20 Å². The third kappa shape index (κ3) is 1.93. The van der Waals surface area contributed by atoms with E-state index >= 15 is 0 Å². The van der Waals surface area contributed by atoms with Gasteiger partial charge < -0.3 is 0 Å². The number of rotatable bonds is 1. The van der Waals surface area contributed by atoms with Crippen molar-refractivity contribution in [1.82, 2.24) is 4.98 Å². The monoisotopic (exact) mass is 232 g/mol. The Balaban J connectivity index is 2.85. The van der Waals surface area contributed by atoms with Crippen LogP contribution in [0, 0.1) is 3.92 Å². The van der Waals surface area contributed by atoms with Crippen LogP contribution in [-0.2, 0) is 0 Å². The molecule has 1 radical (unpaired) electrons. The molecule has 0 atom stereocenters. The molecule has 47 valence electrons. The minimum Gasteiger partial charge on any atom is -0.260 e. The predicted molar refractivity (Wildman–Crippen MR) is 46.3 cm³/mol. The van der Waals surface area contributed by atoms with Crippen molar-refractivity contribution in [3.63, 3.8) is 0 Å². The minimum atomic E-state index is 1.07. The molecule has 9 heavy (non-hydrogen) atoms. The van der Waals surface area contributed by atoms with Gasteiger partial charge in [0.25, 0.3) is 0 Å². The molecule has 2 heteroatoms. The predicted octanol–water partition coefficient (Wildman–Crippen LogP) is 2.42. The summed E-state index contributed by atoms with van der Waals surface area (Å²) in [6.45, 7) is 2.04. The van der Waals surface area contributed by atoms with E-state index in [-0.39, 0.29) is 0 Å². The standard InChI is InChI=1S/C7H7IN/c1-6(8)7-4-2-3-5-9-7/h2-5H,1H3. The van der Waals surface area contributed by atoms with Crippen molar-refractivity contribution in [2.75, 3.05) is 0 Å². The number of aromatic nitrogens is 1. The SMILES string of the molecule is C[C](I)c1ccccn1. The van der Waals surface area contributed by atoms with Crippen LogP contribution in [0.5, 0.6) is 0 Å². The van der Waals surface area contributed by atoms with Gasteiger partial charge in [0.2, 0.25) is 0 Å². The zero-order valence-corrected chi connectivity index (χ0v) is 7.29. The van der Waals surface area contributed by atoms with Gasteiger partial charge in [0.05, 0.1) is 9.62 Å². The molecule has 0 unspecified atom stereocenters. The Kier molecular flexibility index (Phi) is 2.45. The lowest BCUT2D eigenvalue weighted by molar-refractivity contribution is 1.19. The van der Waals surface area contributed by atoms with Crippen molar-refractivity contribution in [2.24, 2.45) is 0 Å². The van der Waals surface area contributed by atoms with E-state index < -0.39 is 0 Å². The van der Waals surface area contributed by atoms with Crippen molar-refractivity contribution >= 4 is 22.6 Å². The first kappa shape index (κ1) is 6.99. The molecule has 0 N–H and O–H groups in total. The van der Waals surface area contributed by atoms with Crippen LogP contribution in [-0.4, -0.2) is 4.98 Å². The lowest BCUT2D eigenvalue weighted by Crippen LogP contribution is -1.86. The van der Waals surface area contributed by atoms with E-state index in [2.05, 4.69) is 27.6 Å². The molecule has 0 saturated heterocycles. The maximum absolute atomic E-state index is 4.13. The molecular weight excluding hydrogens is 225 g/mol. The Morgan fingerprint density at radius 2 is 2.33 bits per heavy atom. The Bertz CT molecular complexity index is 172. The van der Waals surface area contributed by atoms with Crippen LogP contribution in [0.1, 0.15) is 12.6 Å². The first-order valence-corrected chi connectivity index (χ1v) is 3.79. The molecular formula is C7H7IN. The maximum Gasteiger partial charge on any atom is 0.0812 e. The van der Waals surface area contributed by atoms with Gasteiger partial charge in [-0.25, -0.2) is 0 Å². The largest absolute Gasteiger partial charge is 0.260 e. The summed E-state index contributed by atoms with van der Waals surface area (Å²) < 4.78 is 1.23. The number of nitrogens with zero attached hydrogens (tertiary/aromatic N) is 1. The van der Waals surface area contributed by atoms with Crippen molar-refractivity contribution in [3.05, 3.63) is 34.0 Å². The van der Waals surface area contributed by atoms with E-state index in [0.29, 0.717) is 0 Å². The second-order valence-corrected chi connectivity index (χ2v) is 3.37. The van der Waals surface area contributed by atoms with Crippen LogP contribution in [0.15, 0.2) is 24.4 Å². The Hall–Kier alpha value is -0.120. The van der Waals surface area contributed by atoms with Crippen LogP contribution in [0.3, 0.4) is 0 Å². The zero-order chi connectivity index (χ0) is 6.69. The number of hydrogen-bond acceptors (Lipinski definition) is 1. The molecule has 1 heterocycles. The second-order valence-electron chi connectivity index (χ2n) is 1.75. The van der Waals surface area contributed by atoms with E-state index in [0.717, 1.165) is 5.69 Å². The summed E-state index contributed by atoms with van der Waals surface area (Å²) in [5.41, 5.74) is 1.07. The first-order valence-electron chi connectivity index (χ1n) is 2.71. The van der Waals surface area contributed by atoms with Gasteiger partial charge in [0.1, 0.15) is 0 Å². The summed E-state index contributed by atoms with van der Waals surface area (Å²) in [7, 11) is 0. The number of pyridine rings is 1. The van der Waals surface area contributed by atoms with Gasteiger partial charge in [-0.3, -0.25) is 4.98 Å². The fourth-order valence-corrected chi connectivity index (χ4v) is 0.886. The van der Waals surface area contributed by atoms with Crippen LogP contribution in [0.25, 0.3) is 0 Å². The highest BCUT2D eigenvalue weighted by Gasteiger charge is 1.98. The highest BCUT2D eigenvalue weighted by molar-refractivity contribution is 14.1. The summed E-state index contributed by atoms with van der Waals surface area (Å²) >= 11 is 2.26. The number of hydrogen-bond donors (Lipinski definition) is 0. The van der Waals surface area contributed by atoms with Crippen molar-refractivity contribution in [1.29, 1.82) is 0 Å². The molecule has 1 aromatic rings. The lowest BCUT2D eigenvalue weighted by Gasteiger charge is -1.97. The number of halogens is 1. The average molecular weight is 232 g/mol. The smallest absolute Gasteiger partial charge is 0.0812 e. The Labute approximate surface area is 68.6 Å². The van der Waals surface area contributed by atoms with Crippen LogP contribution >= 0.6 is 22.6 Å². The van der Waals surface area contributed by atoms with E-state index in [9.17, 15) is 0 Å². The van der Waals surface area contributed by atoms with Crippen molar-refractivity contribution in [2.45, 2.75) is 6.92 Å². The lowest BCUT2D eigenvalue weighted by atomic mass is 10.3. The molecule has 0 aliphatic rings. The maximum atomic E-state index is 4.13. The third-order valence-electron chi connectivity index (χ3n) is 1.02. The van der Waals surface area contributed by atoms with Crippen LogP contribution in [0.4, 0.5) is 0 Å². The van der Waals surface area contributed by atoms with Crippen molar-refractivity contribution in [3.8, 4) is 0 Å². The summed E-state index contributed by atoms with van der Waals surface area (Å²) in [4.78, 5) is 4.13. The summed E-state index contributed by atoms with van der Waals surface area (Å²) in [5.74, 6) is 0. The molecule has 0 aliphatic heterocycles. The van der Waals surface area contributed by atoms with Gasteiger partial charge in [-0.15, -0.1) is 0 Å². The van der Waals surface area contributed by atoms with Gasteiger partial charge in [0.15, 0.2) is 0 Å². The van der Waals surface area contributed by atoms with Crippen molar-refractivity contribution < 1.29 is 0 Å². The summed E-state index contributed by atoms with van der Waals surface area (Å²) in [6.07, 6.45) is 1.80. The molecule has 0 fully saturated rings. The Morgan fingerprint density at radius 3 is 2.67 bits per heavy atom. The zero-order valence-electron chi connectivity index (χ0n) is 5.13. The Morgan fingerprint density at radius 1 is 1.56 bits per heavy atom. The third-order valence-corrected chi connectivity index (χ3v) is 1.57. The topological polar surface area (TPSA) is 12.9 Å². The quantitative estimate of drug-likeness (QED) is 0.677. The van der Waals surface area contributed by atoms with Gasteiger partial charge in [-0.1, -0.05) is 28.7 Å². The molecule has 0 spiro atoms. The molecule has 1 nitrogen and oxygen atoms in total. The van der Waals surface area contributed by atoms with E-state index in [1.54, 1.807) is 6.20 Å². The molecule has 0 amide bonds. The molecule has 0 bridgehead atoms. The van der Waals surface area contributed by atoms with E-state index in [1.807, 2.05) is 25.1 Å².